The fraction of sp³-hybridized carbons (Fsp3) is 0.545. The van der Waals surface area contributed by atoms with Crippen molar-refractivity contribution in [2.75, 3.05) is 6.54 Å². The van der Waals surface area contributed by atoms with E-state index in [4.69, 9.17) is 9.15 Å². The summed E-state index contributed by atoms with van der Waals surface area (Å²) in [6.07, 6.45) is 6.77. The molecule has 29 heavy (non-hydrogen) atoms. The molecule has 1 heterocycles. The molecule has 0 atom stereocenters. The molecule has 1 aromatic carbocycles. The molecule has 4 aliphatic rings. The number of carbonyl (C=O) groups excluding carboxylic acids is 2. The number of hydrogen-bond donors (Lipinski definition) is 1. The largest absolute Gasteiger partial charge is 0.454 e. The fourth-order valence-corrected chi connectivity index (χ4v) is 5.93. The highest BCUT2D eigenvalue weighted by Gasteiger charge is 2.54. The molecule has 4 saturated carbocycles. The van der Waals surface area contributed by atoms with Crippen molar-refractivity contribution < 1.29 is 18.7 Å². The molecule has 1 aromatic heterocycles. The van der Waals surface area contributed by atoms with E-state index in [9.17, 15) is 9.59 Å². The van der Waals surface area contributed by atoms with Crippen molar-refractivity contribution in [1.82, 2.24) is 15.5 Å². The third-order valence-corrected chi connectivity index (χ3v) is 6.76. The lowest BCUT2D eigenvalue weighted by Gasteiger charge is -2.55. The second kappa shape index (κ2) is 7.28. The number of amides is 1. The van der Waals surface area contributed by atoms with Crippen molar-refractivity contribution in [3.63, 3.8) is 0 Å². The van der Waals surface area contributed by atoms with Crippen LogP contribution >= 0.6 is 0 Å². The van der Waals surface area contributed by atoms with E-state index in [0.717, 1.165) is 24.8 Å². The normalized spacial score (nSPS) is 29.6. The summed E-state index contributed by atoms with van der Waals surface area (Å²) in [4.78, 5) is 25.0. The summed E-state index contributed by atoms with van der Waals surface area (Å²) < 4.78 is 10.7. The van der Waals surface area contributed by atoms with E-state index in [0.29, 0.717) is 23.6 Å². The highest BCUT2D eigenvalue weighted by atomic mass is 16.5. The van der Waals surface area contributed by atoms with Crippen molar-refractivity contribution in [2.24, 2.45) is 23.2 Å². The summed E-state index contributed by atoms with van der Waals surface area (Å²) in [7, 11) is 0. The second-order valence-electron chi connectivity index (χ2n) is 8.91. The Morgan fingerprint density at radius 3 is 2.34 bits per heavy atom. The number of hydrogen-bond acceptors (Lipinski definition) is 6. The monoisotopic (exact) mass is 395 g/mol. The molecule has 0 aliphatic heterocycles. The number of nitrogens with one attached hydrogen (secondary N) is 1. The summed E-state index contributed by atoms with van der Waals surface area (Å²) in [5.74, 6) is 2.21. The predicted octanol–water partition coefficient (Wildman–Crippen LogP) is 3.11. The molecule has 1 N–H and O–H groups in total. The van der Waals surface area contributed by atoms with E-state index in [-0.39, 0.29) is 30.4 Å². The predicted molar refractivity (Wildman–Crippen MR) is 103 cm³/mol. The van der Waals surface area contributed by atoms with Crippen LogP contribution in [0.3, 0.4) is 0 Å². The maximum Gasteiger partial charge on any atom is 0.325 e. The average molecular weight is 395 g/mol. The number of ether oxygens (including phenoxy) is 1. The van der Waals surface area contributed by atoms with E-state index in [1.54, 1.807) is 0 Å². The molecular formula is C22H25N3O4. The molecule has 7 heteroatoms. The smallest absolute Gasteiger partial charge is 0.325 e. The summed E-state index contributed by atoms with van der Waals surface area (Å²) in [5.41, 5.74) is 0.548. The molecule has 7 nitrogen and oxygen atoms in total. The zero-order valence-corrected chi connectivity index (χ0v) is 16.3. The van der Waals surface area contributed by atoms with Crippen molar-refractivity contribution in [2.45, 2.75) is 45.1 Å². The fourth-order valence-electron chi connectivity index (χ4n) is 5.93. The van der Waals surface area contributed by atoms with Crippen LogP contribution in [0.5, 0.6) is 0 Å². The minimum absolute atomic E-state index is 0.0257. The molecule has 0 radical (unpaired) electrons. The quantitative estimate of drug-likeness (QED) is 0.755. The Hall–Kier alpha value is -2.70. The van der Waals surface area contributed by atoms with Gasteiger partial charge in [-0.25, -0.2) is 0 Å². The Balaban J connectivity index is 1.11. The van der Waals surface area contributed by atoms with Crippen LogP contribution in [0.15, 0.2) is 34.7 Å². The van der Waals surface area contributed by atoms with Crippen LogP contribution in [0.1, 0.15) is 44.4 Å². The first-order valence-corrected chi connectivity index (χ1v) is 10.4. The van der Waals surface area contributed by atoms with Crippen LogP contribution in [0.4, 0.5) is 0 Å². The molecule has 4 bridgehead atoms. The van der Waals surface area contributed by atoms with Gasteiger partial charge in [-0.3, -0.25) is 9.59 Å². The lowest BCUT2D eigenvalue weighted by molar-refractivity contribution is -0.151. The van der Waals surface area contributed by atoms with Gasteiger partial charge in [0.2, 0.25) is 11.8 Å². The molecular weight excluding hydrogens is 370 g/mol. The Kier molecular flexibility index (Phi) is 4.60. The summed E-state index contributed by atoms with van der Waals surface area (Å²) in [5, 5.41) is 10.7. The Morgan fingerprint density at radius 1 is 1.03 bits per heavy atom. The van der Waals surface area contributed by atoms with E-state index < -0.39 is 5.97 Å². The van der Waals surface area contributed by atoms with Gasteiger partial charge in [-0.05, 0) is 68.4 Å². The minimum Gasteiger partial charge on any atom is -0.454 e. The Morgan fingerprint density at radius 2 is 1.69 bits per heavy atom. The van der Waals surface area contributed by atoms with Gasteiger partial charge in [-0.1, -0.05) is 18.2 Å². The van der Waals surface area contributed by atoms with Crippen molar-refractivity contribution in [3.8, 4) is 11.5 Å². The third-order valence-electron chi connectivity index (χ3n) is 6.76. The second-order valence-corrected chi connectivity index (χ2v) is 8.91. The van der Waals surface area contributed by atoms with Gasteiger partial charge in [0.25, 0.3) is 5.89 Å². The summed E-state index contributed by atoms with van der Waals surface area (Å²) >= 11 is 0. The standard InChI is InChI=1S/C22H25N3O4/c26-19(28-13-18-24-25-20(29-18)17-4-2-1-3-5-17)12-23-21(27)22-9-14-6-15(10-22)8-16(7-14)11-22/h1-5,14-16H,6-13H2,(H,23,27). The lowest BCUT2D eigenvalue weighted by atomic mass is 9.49. The molecule has 0 saturated heterocycles. The van der Waals surface area contributed by atoms with Gasteiger partial charge in [-0.2, -0.15) is 0 Å². The molecule has 4 fully saturated rings. The molecule has 6 rings (SSSR count). The number of rotatable bonds is 6. The molecule has 4 aliphatic carbocycles. The van der Waals surface area contributed by atoms with Crippen LogP contribution in [-0.4, -0.2) is 28.6 Å². The van der Waals surface area contributed by atoms with E-state index in [1.807, 2.05) is 30.3 Å². The average Bonchev–Trinajstić information content (AvgIpc) is 3.19. The van der Waals surface area contributed by atoms with Crippen LogP contribution in [-0.2, 0) is 20.9 Å². The maximum atomic E-state index is 12.9. The number of nitrogens with zero attached hydrogens (tertiary/aromatic N) is 2. The van der Waals surface area contributed by atoms with Crippen molar-refractivity contribution in [3.05, 3.63) is 36.2 Å². The summed E-state index contributed by atoms with van der Waals surface area (Å²) in [6.45, 7) is -0.230. The van der Waals surface area contributed by atoms with Gasteiger partial charge in [0.15, 0.2) is 6.61 Å². The SMILES string of the molecule is O=C(CNC(=O)C12CC3CC(CC(C3)C1)C2)OCc1nnc(-c2ccccc2)o1. The molecule has 1 amide bonds. The van der Waals surface area contributed by atoms with Gasteiger partial charge in [0.1, 0.15) is 6.54 Å². The van der Waals surface area contributed by atoms with E-state index >= 15 is 0 Å². The highest BCUT2D eigenvalue weighted by Crippen LogP contribution is 2.60. The van der Waals surface area contributed by atoms with E-state index in [2.05, 4.69) is 15.5 Å². The van der Waals surface area contributed by atoms with E-state index in [1.165, 1.54) is 19.3 Å². The number of esters is 1. The minimum atomic E-state index is -0.498. The third kappa shape index (κ3) is 3.66. The Bertz CT molecular complexity index is 873. The van der Waals surface area contributed by atoms with Crippen molar-refractivity contribution in [1.29, 1.82) is 0 Å². The highest BCUT2D eigenvalue weighted by molar-refractivity contribution is 5.86. The van der Waals surface area contributed by atoms with Gasteiger partial charge in [0, 0.05) is 11.0 Å². The number of carbonyl (C=O) groups is 2. The molecule has 0 spiro atoms. The van der Waals surface area contributed by atoms with Gasteiger partial charge in [-0.15, -0.1) is 10.2 Å². The first kappa shape index (κ1) is 18.3. The van der Waals surface area contributed by atoms with Crippen LogP contribution in [0, 0.1) is 23.2 Å². The van der Waals surface area contributed by atoms with Crippen LogP contribution < -0.4 is 5.32 Å². The number of benzene rings is 1. The van der Waals surface area contributed by atoms with Crippen LogP contribution in [0.2, 0.25) is 0 Å². The van der Waals surface area contributed by atoms with Crippen LogP contribution in [0.25, 0.3) is 11.5 Å². The molecule has 2 aromatic rings. The van der Waals surface area contributed by atoms with Crippen molar-refractivity contribution >= 4 is 11.9 Å². The zero-order valence-electron chi connectivity index (χ0n) is 16.3. The topological polar surface area (TPSA) is 94.3 Å². The molecule has 152 valence electrons. The molecule has 0 unspecified atom stereocenters. The Labute approximate surface area is 169 Å². The maximum absolute atomic E-state index is 12.9. The first-order valence-electron chi connectivity index (χ1n) is 10.4. The summed E-state index contributed by atoms with van der Waals surface area (Å²) in [6, 6.07) is 9.39. The van der Waals surface area contributed by atoms with Gasteiger partial charge >= 0.3 is 5.97 Å². The van der Waals surface area contributed by atoms with Gasteiger partial charge < -0.3 is 14.5 Å². The number of aromatic nitrogens is 2. The first-order chi connectivity index (χ1) is 14.1. The lowest BCUT2D eigenvalue weighted by Crippen LogP contribution is -2.54. The van der Waals surface area contributed by atoms with Gasteiger partial charge in [0.05, 0.1) is 0 Å². The zero-order chi connectivity index (χ0) is 19.8.